The number of hydrogen-bond donors (Lipinski definition) is 1. The Morgan fingerprint density at radius 1 is 0.962 bits per heavy atom. The summed E-state index contributed by atoms with van der Waals surface area (Å²) in [6.07, 6.45) is 1.99. The molecule has 0 spiro atoms. The van der Waals surface area contributed by atoms with Gasteiger partial charge in [0.05, 0.1) is 26.4 Å². The van der Waals surface area contributed by atoms with Gasteiger partial charge in [-0.3, -0.25) is 0 Å². The van der Waals surface area contributed by atoms with Crippen molar-refractivity contribution in [3.8, 4) is 0 Å². The van der Waals surface area contributed by atoms with Gasteiger partial charge in [0.1, 0.15) is 5.82 Å². The van der Waals surface area contributed by atoms with Crippen LogP contribution in [0.2, 0.25) is 0 Å². The highest BCUT2D eigenvalue weighted by molar-refractivity contribution is 5.40. The molecule has 0 amide bonds. The van der Waals surface area contributed by atoms with E-state index in [-0.39, 0.29) is 5.41 Å². The molecule has 0 atom stereocenters. The SMILES string of the molecule is C1COCCN1.CC(C)(C)c1ccc(N2CCOCC2)nc1.CC(C)C. The van der Waals surface area contributed by atoms with Gasteiger partial charge in [0.2, 0.25) is 0 Å². The van der Waals surface area contributed by atoms with Crippen molar-refractivity contribution in [3.63, 3.8) is 0 Å². The lowest BCUT2D eigenvalue weighted by Gasteiger charge is -2.28. The topological polar surface area (TPSA) is 46.6 Å². The Morgan fingerprint density at radius 3 is 1.85 bits per heavy atom. The van der Waals surface area contributed by atoms with Crippen LogP contribution in [-0.2, 0) is 14.9 Å². The van der Waals surface area contributed by atoms with Crippen LogP contribution < -0.4 is 10.2 Å². The van der Waals surface area contributed by atoms with Crippen LogP contribution in [0, 0.1) is 5.92 Å². The molecule has 5 nitrogen and oxygen atoms in total. The zero-order valence-electron chi connectivity index (χ0n) is 17.7. The molecule has 2 aliphatic rings. The number of nitrogens with zero attached hydrogens (tertiary/aromatic N) is 2. The van der Waals surface area contributed by atoms with E-state index >= 15 is 0 Å². The first-order valence-electron chi connectivity index (χ1n) is 9.88. The smallest absolute Gasteiger partial charge is 0.128 e. The number of pyridine rings is 1. The van der Waals surface area contributed by atoms with Crippen molar-refractivity contribution in [2.75, 3.05) is 57.5 Å². The van der Waals surface area contributed by atoms with Crippen molar-refractivity contribution in [2.45, 2.75) is 47.0 Å². The van der Waals surface area contributed by atoms with Crippen LogP contribution in [0.1, 0.15) is 47.1 Å². The van der Waals surface area contributed by atoms with Gasteiger partial charge in [-0.2, -0.15) is 0 Å². The fourth-order valence-electron chi connectivity index (χ4n) is 2.32. The van der Waals surface area contributed by atoms with Crippen LogP contribution in [0.4, 0.5) is 5.82 Å². The molecule has 0 radical (unpaired) electrons. The Morgan fingerprint density at radius 2 is 1.50 bits per heavy atom. The predicted octanol–water partition coefficient (Wildman–Crippen LogP) is 3.48. The molecule has 1 aromatic rings. The highest BCUT2D eigenvalue weighted by atomic mass is 16.5. The molecule has 0 aliphatic carbocycles. The van der Waals surface area contributed by atoms with Crippen molar-refractivity contribution in [1.82, 2.24) is 10.3 Å². The quantitative estimate of drug-likeness (QED) is 0.825. The normalized spacial score (nSPS) is 17.7. The number of aromatic nitrogens is 1. The van der Waals surface area contributed by atoms with E-state index < -0.39 is 0 Å². The van der Waals surface area contributed by atoms with E-state index in [2.05, 4.69) is 68.9 Å². The van der Waals surface area contributed by atoms with E-state index in [4.69, 9.17) is 9.47 Å². The predicted molar refractivity (Wildman–Crippen MR) is 110 cm³/mol. The molecule has 0 unspecified atom stereocenters. The van der Waals surface area contributed by atoms with E-state index in [1.165, 1.54) is 5.56 Å². The van der Waals surface area contributed by atoms with Crippen molar-refractivity contribution in [2.24, 2.45) is 5.92 Å². The Bertz CT molecular complexity index is 445. The lowest BCUT2D eigenvalue weighted by molar-refractivity contribution is 0.109. The monoisotopic (exact) mass is 365 g/mol. The minimum absolute atomic E-state index is 0.177. The first kappa shape index (κ1) is 22.9. The molecule has 26 heavy (non-hydrogen) atoms. The third-order valence-electron chi connectivity index (χ3n) is 3.80. The Labute approximate surface area is 160 Å². The number of morpholine rings is 2. The standard InChI is InChI=1S/C13H20N2O.C4H9NO.C4H10/c1-13(2,3)11-4-5-12(14-10-11)15-6-8-16-9-7-15;1-3-6-4-2-5-1;1-4(2)3/h4-5,10H,6-9H2,1-3H3;5H,1-4H2;4H,1-3H3. The third-order valence-corrected chi connectivity index (χ3v) is 3.80. The van der Waals surface area contributed by atoms with Crippen molar-refractivity contribution in [3.05, 3.63) is 23.9 Å². The first-order chi connectivity index (χ1) is 12.3. The van der Waals surface area contributed by atoms with Gasteiger partial charge in [0.25, 0.3) is 0 Å². The molecule has 0 saturated carbocycles. The molecular formula is C21H39N3O2. The summed E-state index contributed by atoms with van der Waals surface area (Å²) in [6, 6.07) is 4.30. The summed E-state index contributed by atoms with van der Waals surface area (Å²) >= 11 is 0. The minimum atomic E-state index is 0.177. The maximum atomic E-state index is 5.33. The van der Waals surface area contributed by atoms with Crippen molar-refractivity contribution >= 4 is 5.82 Å². The van der Waals surface area contributed by atoms with Gasteiger partial charge >= 0.3 is 0 Å². The molecule has 1 aromatic heterocycles. The van der Waals surface area contributed by atoms with Gasteiger partial charge in [-0.15, -0.1) is 0 Å². The number of anilines is 1. The largest absolute Gasteiger partial charge is 0.379 e. The first-order valence-corrected chi connectivity index (χ1v) is 9.88. The molecule has 0 bridgehead atoms. The molecular weight excluding hydrogens is 326 g/mol. The van der Waals surface area contributed by atoms with E-state index in [0.29, 0.717) is 0 Å². The Balaban J connectivity index is 0.000000278. The summed E-state index contributed by atoms with van der Waals surface area (Å²) in [6.45, 7) is 20.5. The average Bonchev–Trinajstić information content (AvgIpc) is 2.63. The van der Waals surface area contributed by atoms with Crippen LogP contribution in [0.15, 0.2) is 18.3 Å². The van der Waals surface area contributed by atoms with Crippen molar-refractivity contribution < 1.29 is 9.47 Å². The zero-order valence-corrected chi connectivity index (χ0v) is 17.7. The number of rotatable bonds is 1. The molecule has 0 aromatic carbocycles. The molecule has 5 heteroatoms. The summed E-state index contributed by atoms with van der Waals surface area (Å²) in [5.41, 5.74) is 1.46. The van der Waals surface area contributed by atoms with Gasteiger partial charge < -0.3 is 19.7 Å². The minimum Gasteiger partial charge on any atom is -0.379 e. The summed E-state index contributed by atoms with van der Waals surface area (Å²) in [7, 11) is 0. The van der Waals surface area contributed by atoms with Gasteiger partial charge in [-0.25, -0.2) is 4.98 Å². The van der Waals surface area contributed by atoms with E-state index in [0.717, 1.165) is 64.3 Å². The number of nitrogens with one attached hydrogen (secondary N) is 1. The fourth-order valence-corrected chi connectivity index (χ4v) is 2.32. The van der Waals surface area contributed by atoms with Crippen LogP contribution in [0.5, 0.6) is 0 Å². The molecule has 1 N–H and O–H groups in total. The maximum Gasteiger partial charge on any atom is 0.128 e. The molecule has 2 saturated heterocycles. The van der Waals surface area contributed by atoms with Crippen LogP contribution in [-0.4, -0.2) is 57.6 Å². The van der Waals surface area contributed by atoms with E-state index in [9.17, 15) is 0 Å². The Hall–Kier alpha value is -1.17. The fraction of sp³-hybridized carbons (Fsp3) is 0.762. The number of hydrogen-bond acceptors (Lipinski definition) is 5. The number of ether oxygens (including phenoxy) is 2. The molecule has 3 heterocycles. The highest BCUT2D eigenvalue weighted by Gasteiger charge is 2.16. The third kappa shape index (κ3) is 10.1. The molecule has 3 rings (SSSR count). The second-order valence-corrected chi connectivity index (χ2v) is 8.35. The molecule has 2 aliphatic heterocycles. The second-order valence-electron chi connectivity index (χ2n) is 8.35. The average molecular weight is 366 g/mol. The lowest BCUT2D eigenvalue weighted by atomic mass is 9.88. The van der Waals surface area contributed by atoms with Gasteiger partial charge in [0.15, 0.2) is 0 Å². The van der Waals surface area contributed by atoms with Crippen LogP contribution >= 0.6 is 0 Å². The van der Waals surface area contributed by atoms with E-state index in [1.54, 1.807) is 0 Å². The Kier molecular flexibility index (Phi) is 10.8. The second kappa shape index (κ2) is 12.3. The lowest BCUT2D eigenvalue weighted by Crippen LogP contribution is -2.36. The van der Waals surface area contributed by atoms with Gasteiger partial charge in [0, 0.05) is 32.4 Å². The summed E-state index contributed by atoms with van der Waals surface area (Å²) in [4.78, 5) is 6.81. The van der Waals surface area contributed by atoms with Gasteiger partial charge in [-0.05, 0) is 23.0 Å². The molecule has 2 fully saturated rings. The highest BCUT2D eigenvalue weighted by Crippen LogP contribution is 2.23. The van der Waals surface area contributed by atoms with E-state index in [1.807, 2.05) is 6.20 Å². The summed E-state index contributed by atoms with van der Waals surface area (Å²) in [5, 5.41) is 3.16. The van der Waals surface area contributed by atoms with Crippen LogP contribution in [0.3, 0.4) is 0 Å². The van der Waals surface area contributed by atoms with Crippen molar-refractivity contribution in [1.29, 1.82) is 0 Å². The zero-order chi connectivity index (χ0) is 19.4. The maximum absolute atomic E-state index is 5.33. The summed E-state index contributed by atoms with van der Waals surface area (Å²) in [5.74, 6) is 1.90. The summed E-state index contributed by atoms with van der Waals surface area (Å²) < 4.78 is 10.3. The van der Waals surface area contributed by atoms with Crippen LogP contribution in [0.25, 0.3) is 0 Å². The molecule has 150 valence electrons. The van der Waals surface area contributed by atoms with Gasteiger partial charge in [-0.1, -0.05) is 47.6 Å².